The van der Waals surface area contributed by atoms with Crippen LogP contribution in [0.5, 0.6) is 0 Å². The monoisotopic (exact) mass is 255 g/mol. The van der Waals surface area contributed by atoms with Gasteiger partial charge in [0, 0.05) is 18.7 Å². The topological polar surface area (TPSA) is 37.4 Å². The van der Waals surface area contributed by atoms with Crippen LogP contribution < -0.4 is 0 Å². The Labute approximate surface area is 114 Å². The summed E-state index contributed by atoms with van der Waals surface area (Å²) in [7, 11) is 1.60. The molecule has 98 valence electrons. The summed E-state index contributed by atoms with van der Waals surface area (Å²) in [6.45, 7) is 3.05. The third-order valence-corrected chi connectivity index (χ3v) is 3.58. The zero-order valence-corrected chi connectivity index (χ0v) is 11.5. The molecule has 1 aliphatic rings. The lowest BCUT2D eigenvalue weighted by molar-refractivity contribution is -0.111. The zero-order chi connectivity index (χ0) is 13.8. The van der Waals surface area contributed by atoms with Crippen LogP contribution in [-0.4, -0.2) is 37.4 Å². The van der Waals surface area contributed by atoms with Crippen molar-refractivity contribution in [2.75, 3.05) is 13.1 Å². The second-order valence-electron chi connectivity index (χ2n) is 4.91. The van der Waals surface area contributed by atoms with E-state index in [4.69, 9.17) is 0 Å². The van der Waals surface area contributed by atoms with Gasteiger partial charge in [-0.1, -0.05) is 35.9 Å². The van der Waals surface area contributed by atoms with Gasteiger partial charge in [-0.2, -0.15) is 0 Å². The molecule has 2 rings (SSSR count). The van der Waals surface area contributed by atoms with Crippen LogP contribution in [0.1, 0.15) is 25.3 Å². The van der Waals surface area contributed by atoms with E-state index in [1.165, 1.54) is 5.57 Å². The first kappa shape index (κ1) is 13.6. The van der Waals surface area contributed by atoms with Crippen LogP contribution >= 0.6 is 0 Å². The van der Waals surface area contributed by atoms with E-state index in [2.05, 4.69) is 0 Å². The van der Waals surface area contributed by atoms with Gasteiger partial charge in [0.2, 0.25) is 7.85 Å². The molecular weight excluding hydrogens is 237 g/mol. The maximum Gasteiger partial charge on any atom is 0.215 e. The highest BCUT2D eigenvalue weighted by Gasteiger charge is 2.20. The van der Waals surface area contributed by atoms with Crippen LogP contribution in [0.2, 0.25) is 0 Å². The first-order valence-corrected chi connectivity index (χ1v) is 6.63. The number of rotatable bonds is 2. The van der Waals surface area contributed by atoms with Crippen molar-refractivity contribution in [3.05, 3.63) is 41.5 Å². The van der Waals surface area contributed by atoms with Gasteiger partial charge in [-0.15, -0.1) is 0 Å². The fourth-order valence-corrected chi connectivity index (χ4v) is 2.60. The minimum absolute atomic E-state index is 0.109. The summed E-state index contributed by atoms with van der Waals surface area (Å²) in [4.78, 5) is 25.1. The molecule has 0 N–H and O–H groups in total. The molecule has 19 heavy (non-hydrogen) atoms. The Bertz CT molecular complexity index is 512. The van der Waals surface area contributed by atoms with Crippen LogP contribution in [0.25, 0.3) is 5.57 Å². The van der Waals surface area contributed by atoms with Crippen molar-refractivity contribution in [1.82, 2.24) is 4.90 Å². The summed E-state index contributed by atoms with van der Waals surface area (Å²) in [5, 5.41) is 0. The third kappa shape index (κ3) is 3.14. The van der Waals surface area contributed by atoms with Crippen LogP contribution in [0.15, 0.2) is 35.9 Å². The average molecular weight is 255 g/mol. The molecule has 0 bridgehead atoms. The molecule has 4 heteroatoms. The first-order chi connectivity index (χ1) is 9.09. The lowest BCUT2D eigenvalue weighted by atomic mass is 9.90. The Morgan fingerprint density at radius 1 is 1.11 bits per heavy atom. The molecule has 0 aromatic heterocycles. The van der Waals surface area contributed by atoms with Gasteiger partial charge in [-0.3, -0.25) is 9.59 Å². The van der Waals surface area contributed by atoms with Crippen LogP contribution in [0.3, 0.4) is 0 Å². The Hall–Kier alpha value is -1.84. The van der Waals surface area contributed by atoms with Crippen molar-refractivity contribution < 1.29 is 9.59 Å². The van der Waals surface area contributed by atoms with Gasteiger partial charge in [0.05, 0.1) is 0 Å². The molecule has 1 fully saturated rings. The number of allylic oxidation sites excluding steroid dienone is 1. The maximum atomic E-state index is 11.9. The Kier molecular flexibility index (Phi) is 4.20. The standard InChI is InChI=1S/C15H18BNO2/c1-11(18)14(12-5-3-2-4-6-12)13-7-9-17(10-8-13)15(16)19/h2-6H,7-10,16H2,1H3. The van der Waals surface area contributed by atoms with Gasteiger partial charge in [0.25, 0.3) is 0 Å². The quantitative estimate of drug-likeness (QED) is 0.597. The van der Waals surface area contributed by atoms with Crippen molar-refractivity contribution in [3.8, 4) is 0 Å². The first-order valence-electron chi connectivity index (χ1n) is 6.63. The van der Waals surface area contributed by atoms with Crippen molar-refractivity contribution >= 4 is 25.0 Å². The SMILES string of the molecule is BC(=O)N1CCC(=C(C(C)=O)c2ccccc2)CC1. The van der Waals surface area contributed by atoms with E-state index in [-0.39, 0.29) is 11.6 Å². The summed E-state index contributed by atoms with van der Waals surface area (Å²) >= 11 is 0. The van der Waals surface area contributed by atoms with Crippen LogP contribution in [-0.2, 0) is 4.79 Å². The van der Waals surface area contributed by atoms with Crippen LogP contribution in [0.4, 0.5) is 4.79 Å². The number of carbonyl (C=O) groups is 2. The maximum absolute atomic E-state index is 11.9. The highest BCUT2D eigenvalue weighted by atomic mass is 16.1. The van der Waals surface area contributed by atoms with Gasteiger partial charge in [-0.25, -0.2) is 0 Å². The molecule has 3 nitrogen and oxygen atoms in total. The number of amides is 1. The molecule has 1 aliphatic heterocycles. The number of likely N-dealkylation sites (tertiary alicyclic amines) is 1. The molecule has 1 aromatic rings. The number of ketones is 1. The molecule has 1 amide bonds. The number of benzene rings is 1. The average Bonchev–Trinajstić information content (AvgIpc) is 2.40. The molecule has 1 saturated heterocycles. The Morgan fingerprint density at radius 2 is 1.68 bits per heavy atom. The van der Waals surface area contributed by atoms with Gasteiger partial charge >= 0.3 is 0 Å². The fourth-order valence-electron chi connectivity index (χ4n) is 2.60. The van der Waals surface area contributed by atoms with Gasteiger partial charge in [0.1, 0.15) is 0 Å². The molecular formula is C15H18BNO2. The number of carbonyl (C=O) groups excluding carboxylic acids is 2. The summed E-state index contributed by atoms with van der Waals surface area (Å²) in [5.74, 6) is 0.223. The lowest BCUT2D eigenvalue weighted by Gasteiger charge is -2.29. The Morgan fingerprint density at radius 3 is 2.16 bits per heavy atom. The van der Waals surface area contributed by atoms with Crippen molar-refractivity contribution in [2.45, 2.75) is 19.8 Å². The highest BCUT2D eigenvalue weighted by molar-refractivity contribution is 6.56. The van der Waals surface area contributed by atoms with E-state index in [9.17, 15) is 9.59 Å². The molecule has 0 spiro atoms. The minimum Gasteiger partial charge on any atom is -0.351 e. The zero-order valence-electron chi connectivity index (χ0n) is 11.5. The molecule has 1 heterocycles. The summed E-state index contributed by atoms with van der Waals surface area (Å²) in [6.07, 6.45) is 1.59. The Balaban J connectivity index is 2.28. The minimum atomic E-state index is 0.109. The molecule has 0 unspecified atom stereocenters. The summed E-state index contributed by atoms with van der Waals surface area (Å²) < 4.78 is 0. The molecule has 0 atom stereocenters. The smallest absolute Gasteiger partial charge is 0.215 e. The van der Waals surface area contributed by atoms with Crippen LogP contribution in [0, 0.1) is 0 Å². The normalized spacial score (nSPS) is 15.2. The van der Waals surface area contributed by atoms with Gasteiger partial charge in [-0.05, 0) is 25.3 Å². The third-order valence-electron chi connectivity index (χ3n) is 3.58. The number of hydrogen-bond donors (Lipinski definition) is 0. The van der Waals surface area contributed by atoms with Crippen molar-refractivity contribution in [1.29, 1.82) is 0 Å². The predicted octanol–water partition coefficient (Wildman–Crippen LogP) is 1.88. The van der Waals surface area contributed by atoms with E-state index in [1.807, 2.05) is 35.2 Å². The number of nitrogens with zero attached hydrogens (tertiary/aromatic N) is 1. The van der Waals surface area contributed by atoms with E-state index in [0.29, 0.717) is 13.1 Å². The second kappa shape index (κ2) is 5.87. The van der Waals surface area contributed by atoms with Gasteiger partial charge in [0.15, 0.2) is 11.6 Å². The molecule has 0 aliphatic carbocycles. The molecule has 0 radical (unpaired) electrons. The van der Waals surface area contributed by atoms with E-state index < -0.39 is 0 Å². The summed E-state index contributed by atoms with van der Waals surface area (Å²) in [6, 6.07) is 9.79. The number of piperidine rings is 1. The lowest BCUT2D eigenvalue weighted by Crippen LogP contribution is -2.35. The number of Topliss-reactive ketones (excluding diaryl/α,β-unsaturated/α-hetero) is 1. The second-order valence-corrected chi connectivity index (χ2v) is 4.91. The van der Waals surface area contributed by atoms with E-state index in [1.54, 1.807) is 14.8 Å². The van der Waals surface area contributed by atoms with E-state index in [0.717, 1.165) is 24.0 Å². The summed E-state index contributed by atoms with van der Waals surface area (Å²) in [5.41, 5.74) is 3.00. The van der Waals surface area contributed by atoms with Crippen molar-refractivity contribution in [2.24, 2.45) is 0 Å². The largest absolute Gasteiger partial charge is 0.351 e. The number of hydrogen-bond acceptors (Lipinski definition) is 2. The fraction of sp³-hybridized carbons (Fsp3) is 0.333. The van der Waals surface area contributed by atoms with E-state index >= 15 is 0 Å². The van der Waals surface area contributed by atoms with Crippen molar-refractivity contribution in [3.63, 3.8) is 0 Å². The molecule has 0 saturated carbocycles. The predicted molar refractivity (Wildman–Crippen MR) is 78.8 cm³/mol. The van der Waals surface area contributed by atoms with Gasteiger partial charge < -0.3 is 4.90 Å². The molecule has 1 aromatic carbocycles. The highest BCUT2D eigenvalue weighted by Crippen LogP contribution is 2.27.